The van der Waals surface area contributed by atoms with E-state index in [1.165, 1.54) is 11.6 Å². The highest BCUT2D eigenvalue weighted by molar-refractivity contribution is 5.95. The number of ether oxygens (including phenoxy) is 2. The first kappa shape index (κ1) is 19.3. The molecular weight excluding hydrogens is 400 g/mol. The van der Waals surface area contributed by atoms with Crippen molar-refractivity contribution in [3.05, 3.63) is 47.9 Å². The number of pyridine rings is 1. The monoisotopic (exact) mass is 422 g/mol. The Morgan fingerprint density at radius 2 is 2.03 bits per heavy atom. The normalized spacial score (nSPS) is 24.3. The first-order valence-electron chi connectivity index (χ1n) is 10.1. The van der Waals surface area contributed by atoms with Crippen LogP contribution in [0.3, 0.4) is 0 Å². The number of amides is 2. The summed E-state index contributed by atoms with van der Waals surface area (Å²) in [4.78, 5) is 32.5. The lowest BCUT2D eigenvalue weighted by Crippen LogP contribution is -2.58. The molecule has 2 aliphatic carbocycles. The lowest BCUT2D eigenvalue weighted by Gasteiger charge is -2.57. The number of hydrogen-bond acceptors (Lipinski definition) is 7. The number of nitrogens with one attached hydrogen (secondary N) is 1. The van der Waals surface area contributed by atoms with Crippen molar-refractivity contribution in [2.75, 3.05) is 7.11 Å². The summed E-state index contributed by atoms with van der Waals surface area (Å²) in [5, 5.41) is 7.27. The molecule has 0 aliphatic heterocycles. The summed E-state index contributed by atoms with van der Waals surface area (Å²) >= 11 is 0. The van der Waals surface area contributed by atoms with Crippen molar-refractivity contribution in [1.29, 1.82) is 0 Å². The molecule has 3 N–H and O–H groups in total. The first-order valence-corrected chi connectivity index (χ1v) is 10.1. The number of imidazole rings is 1. The van der Waals surface area contributed by atoms with Gasteiger partial charge in [0.15, 0.2) is 5.65 Å². The van der Waals surface area contributed by atoms with E-state index in [1.54, 1.807) is 36.7 Å². The SMILES string of the molecule is COc1ccc2nc(C(=O)NC3CC4(C3)CC(Oc3ncccc3C(N)=O)C4)cn2n1. The Labute approximate surface area is 177 Å². The topological polar surface area (TPSA) is 134 Å². The van der Waals surface area contributed by atoms with Crippen molar-refractivity contribution < 1.29 is 19.1 Å². The summed E-state index contributed by atoms with van der Waals surface area (Å²) in [6, 6.07) is 6.83. The maximum absolute atomic E-state index is 12.6. The Kier molecular flexibility index (Phi) is 4.49. The van der Waals surface area contributed by atoms with Crippen LogP contribution < -0.4 is 20.5 Å². The second kappa shape index (κ2) is 7.22. The zero-order chi connectivity index (χ0) is 21.6. The summed E-state index contributed by atoms with van der Waals surface area (Å²) in [6.07, 6.45) is 6.70. The summed E-state index contributed by atoms with van der Waals surface area (Å²) in [5.41, 5.74) is 6.76. The molecule has 0 radical (unpaired) electrons. The summed E-state index contributed by atoms with van der Waals surface area (Å²) in [7, 11) is 1.54. The van der Waals surface area contributed by atoms with Gasteiger partial charge in [-0.05, 0) is 49.3 Å². The van der Waals surface area contributed by atoms with Gasteiger partial charge in [0.05, 0.1) is 13.3 Å². The molecule has 2 fully saturated rings. The van der Waals surface area contributed by atoms with Gasteiger partial charge >= 0.3 is 0 Å². The van der Waals surface area contributed by atoms with Crippen molar-refractivity contribution in [3.8, 4) is 11.8 Å². The Hall–Kier alpha value is -3.69. The second-order valence-electron chi connectivity index (χ2n) is 8.25. The van der Waals surface area contributed by atoms with Crippen molar-refractivity contribution in [2.45, 2.75) is 37.8 Å². The molecule has 1 spiro atoms. The number of fused-ring (bicyclic) bond motifs is 1. The largest absolute Gasteiger partial charge is 0.480 e. The summed E-state index contributed by atoms with van der Waals surface area (Å²) in [5.74, 6) is -0.0236. The smallest absolute Gasteiger partial charge is 0.271 e. The molecule has 0 aromatic carbocycles. The zero-order valence-corrected chi connectivity index (χ0v) is 16.9. The number of nitrogens with two attached hydrogens (primary N) is 1. The average molecular weight is 422 g/mol. The highest BCUT2D eigenvalue weighted by Crippen LogP contribution is 2.56. The Bertz CT molecular complexity index is 1160. The number of primary amides is 1. The van der Waals surface area contributed by atoms with Gasteiger partial charge in [-0.3, -0.25) is 9.59 Å². The Morgan fingerprint density at radius 1 is 1.23 bits per heavy atom. The van der Waals surface area contributed by atoms with E-state index in [2.05, 4.69) is 20.4 Å². The predicted molar refractivity (Wildman–Crippen MR) is 109 cm³/mol. The van der Waals surface area contributed by atoms with Crippen LogP contribution in [-0.2, 0) is 0 Å². The van der Waals surface area contributed by atoms with Crippen molar-refractivity contribution >= 4 is 17.5 Å². The van der Waals surface area contributed by atoms with Crippen LogP contribution in [0.15, 0.2) is 36.7 Å². The minimum atomic E-state index is -0.552. The van der Waals surface area contributed by atoms with Gasteiger partial charge in [0.1, 0.15) is 17.4 Å². The van der Waals surface area contributed by atoms with Crippen LogP contribution in [0, 0.1) is 5.41 Å². The standard InChI is InChI=1S/C21H22N6O4/c1-30-17-5-4-16-25-15(11-27(16)26-17)19(29)24-12-7-21(8-12)9-13(10-21)31-20-14(18(22)28)3-2-6-23-20/h2-6,11-13H,7-10H2,1H3,(H2,22,28)(H,24,29). The van der Waals surface area contributed by atoms with Gasteiger partial charge in [0.25, 0.3) is 11.8 Å². The fourth-order valence-corrected chi connectivity index (χ4v) is 4.58. The fourth-order valence-electron chi connectivity index (χ4n) is 4.58. The highest BCUT2D eigenvalue weighted by Gasteiger charge is 2.54. The quantitative estimate of drug-likeness (QED) is 0.612. The third-order valence-corrected chi connectivity index (χ3v) is 6.07. The molecule has 0 unspecified atom stereocenters. The van der Waals surface area contributed by atoms with Gasteiger partial charge in [0, 0.05) is 18.3 Å². The minimum absolute atomic E-state index is 0.00384. The molecule has 2 aliphatic rings. The molecule has 3 aromatic rings. The van der Waals surface area contributed by atoms with Gasteiger partial charge in [-0.2, -0.15) is 0 Å². The van der Waals surface area contributed by atoms with Crippen LogP contribution in [0.2, 0.25) is 0 Å². The van der Waals surface area contributed by atoms with Gasteiger partial charge < -0.3 is 20.5 Å². The van der Waals surface area contributed by atoms with E-state index in [0.717, 1.165) is 25.7 Å². The third-order valence-electron chi connectivity index (χ3n) is 6.07. The number of nitrogens with zero attached hydrogens (tertiary/aromatic N) is 4. The van der Waals surface area contributed by atoms with Crippen LogP contribution >= 0.6 is 0 Å². The predicted octanol–water partition coefficient (Wildman–Crippen LogP) is 1.35. The van der Waals surface area contributed by atoms with Crippen molar-refractivity contribution in [3.63, 3.8) is 0 Å². The Balaban J connectivity index is 1.14. The molecule has 3 heterocycles. The fraction of sp³-hybridized carbons (Fsp3) is 0.381. The molecule has 31 heavy (non-hydrogen) atoms. The molecule has 2 saturated carbocycles. The molecule has 5 rings (SSSR count). The number of carbonyl (C=O) groups excluding carboxylic acids is 2. The number of carbonyl (C=O) groups is 2. The summed E-state index contributed by atoms with van der Waals surface area (Å²) < 4.78 is 12.5. The van der Waals surface area contributed by atoms with Crippen LogP contribution in [0.25, 0.3) is 5.65 Å². The lowest BCUT2D eigenvalue weighted by atomic mass is 9.53. The lowest BCUT2D eigenvalue weighted by molar-refractivity contribution is -0.0848. The van der Waals surface area contributed by atoms with Crippen molar-refractivity contribution in [1.82, 2.24) is 24.9 Å². The molecule has 3 aromatic heterocycles. The Morgan fingerprint density at radius 3 is 2.77 bits per heavy atom. The number of aromatic nitrogens is 4. The van der Waals surface area contributed by atoms with E-state index in [4.69, 9.17) is 15.2 Å². The van der Waals surface area contributed by atoms with Gasteiger partial charge in [-0.1, -0.05) is 0 Å². The van der Waals surface area contributed by atoms with E-state index in [0.29, 0.717) is 22.8 Å². The highest BCUT2D eigenvalue weighted by atomic mass is 16.5. The third kappa shape index (κ3) is 3.54. The molecular formula is C21H22N6O4. The maximum Gasteiger partial charge on any atom is 0.271 e. The number of rotatable bonds is 6. The number of hydrogen-bond donors (Lipinski definition) is 2. The second-order valence-corrected chi connectivity index (χ2v) is 8.25. The van der Waals surface area contributed by atoms with Crippen molar-refractivity contribution in [2.24, 2.45) is 11.1 Å². The van der Waals surface area contributed by atoms with Gasteiger partial charge in [-0.15, -0.1) is 5.10 Å². The first-order chi connectivity index (χ1) is 14.9. The van der Waals surface area contributed by atoms with Crippen LogP contribution in [0.1, 0.15) is 46.5 Å². The zero-order valence-electron chi connectivity index (χ0n) is 16.9. The van der Waals surface area contributed by atoms with Gasteiger partial charge in [0.2, 0.25) is 11.8 Å². The van der Waals surface area contributed by atoms with Crippen LogP contribution in [-0.4, -0.2) is 50.7 Å². The summed E-state index contributed by atoms with van der Waals surface area (Å²) in [6.45, 7) is 0. The molecule has 160 valence electrons. The van der Waals surface area contributed by atoms with Crippen LogP contribution in [0.5, 0.6) is 11.8 Å². The number of methoxy groups -OCH3 is 1. The van der Waals surface area contributed by atoms with E-state index >= 15 is 0 Å². The van der Waals surface area contributed by atoms with Crippen LogP contribution in [0.4, 0.5) is 0 Å². The average Bonchev–Trinajstić information content (AvgIpc) is 3.14. The van der Waals surface area contributed by atoms with E-state index in [9.17, 15) is 9.59 Å². The molecule has 10 heteroatoms. The van der Waals surface area contributed by atoms with Gasteiger partial charge in [-0.25, -0.2) is 14.5 Å². The minimum Gasteiger partial charge on any atom is -0.480 e. The molecule has 0 saturated heterocycles. The van der Waals surface area contributed by atoms with E-state index in [1.807, 2.05) is 0 Å². The maximum atomic E-state index is 12.6. The van der Waals surface area contributed by atoms with E-state index < -0.39 is 5.91 Å². The molecule has 0 bridgehead atoms. The molecule has 10 nitrogen and oxygen atoms in total. The van der Waals surface area contributed by atoms with E-state index in [-0.39, 0.29) is 29.3 Å². The molecule has 0 atom stereocenters. The molecule has 2 amide bonds.